The molecule has 2 atom stereocenters. The fraction of sp³-hybridized carbons (Fsp3) is 0.600. The minimum absolute atomic E-state index is 0.0324. The van der Waals surface area contributed by atoms with E-state index in [4.69, 9.17) is 9.47 Å². The first-order valence-electron chi connectivity index (χ1n) is 9.88. The summed E-state index contributed by atoms with van der Waals surface area (Å²) in [5, 5.41) is 4.96. The number of imide groups is 1. The maximum absolute atomic E-state index is 12.3. The van der Waals surface area contributed by atoms with Gasteiger partial charge in [-0.2, -0.15) is 0 Å². The van der Waals surface area contributed by atoms with Crippen molar-refractivity contribution in [1.82, 2.24) is 15.6 Å². The number of amides is 3. The fourth-order valence-corrected chi connectivity index (χ4v) is 3.56. The van der Waals surface area contributed by atoms with Crippen molar-refractivity contribution in [3.63, 3.8) is 0 Å². The van der Waals surface area contributed by atoms with Crippen LogP contribution in [0.1, 0.15) is 71.6 Å². The second-order valence-electron chi connectivity index (χ2n) is 7.31. The van der Waals surface area contributed by atoms with Gasteiger partial charge >= 0.3 is 18.0 Å². The number of nitrogens with one attached hydrogen (secondary N) is 3. The molecule has 9 nitrogen and oxygen atoms in total. The Morgan fingerprint density at radius 1 is 1.07 bits per heavy atom. The Kier molecular flexibility index (Phi) is 7.81. The fourth-order valence-electron chi connectivity index (χ4n) is 3.56. The molecule has 1 aliphatic carbocycles. The van der Waals surface area contributed by atoms with Crippen LogP contribution in [0.15, 0.2) is 0 Å². The van der Waals surface area contributed by atoms with Gasteiger partial charge in [-0.3, -0.25) is 10.1 Å². The molecule has 160 valence electrons. The van der Waals surface area contributed by atoms with Crippen LogP contribution in [0.3, 0.4) is 0 Å². The summed E-state index contributed by atoms with van der Waals surface area (Å²) in [6, 6.07) is -0.564. The summed E-state index contributed by atoms with van der Waals surface area (Å²) in [7, 11) is 0. The molecule has 1 aliphatic rings. The van der Waals surface area contributed by atoms with Crippen LogP contribution in [0.5, 0.6) is 0 Å². The van der Waals surface area contributed by atoms with Gasteiger partial charge in [-0.1, -0.05) is 19.8 Å². The molecule has 29 heavy (non-hydrogen) atoms. The summed E-state index contributed by atoms with van der Waals surface area (Å²) in [4.78, 5) is 51.0. The Morgan fingerprint density at radius 2 is 1.76 bits per heavy atom. The molecule has 0 spiro atoms. The van der Waals surface area contributed by atoms with Crippen molar-refractivity contribution in [3.05, 3.63) is 22.5 Å². The van der Waals surface area contributed by atoms with E-state index in [-0.39, 0.29) is 23.9 Å². The first-order valence-corrected chi connectivity index (χ1v) is 9.88. The van der Waals surface area contributed by atoms with Gasteiger partial charge in [0, 0.05) is 11.7 Å². The van der Waals surface area contributed by atoms with Gasteiger partial charge < -0.3 is 19.8 Å². The molecule has 1 fully saturated rings. The second-order valence-corrected chi connectivity index (χ2v) is 7.31. The number of H-pyrrole nitrogens is 1. The number of aromatic amines is 1. The van der Waals surface area contributed by atoms with Gasteiger partial charge in [0.2, 0.25) is 0 Å². The van der Waals surface area contributed by atoms with E-state index in [0.29, 0.717) is 17.2 Å². The van der Waals surface area contributed by atoms with Crippen molar-refractivity contribution < 1.29 is 28.7 Å². The first-order chi connectivity index (χ1) is 13.7. The number of urea groups is 1. The molecule has 0 saturated heterocycles. The normalized spacial score (nSPS) is 18.6. The second kappa shape index (κ2) is 10.1. The van der Waals surface area contributed by atoms with Gasteiger partial charge in [-0.05, 0) is 45.1 Å². The van der Waals surface area contributed by atoms with Crippen molar-refractivity contribution in [2.24, 2.45) is 5.92 Å². The summed E-state index contributed by atoms with van der Waals surface area (Å²) in [5.41, 5.74) is 1.19. The maximum Gasteiger partial charge on any atom is 0.355 e. The monoisotopic (exact) mass is 407 g/mol. The summed E-state index contributed by atoms with van der Waals surface area (Å²) >= 11 is 0. The van der Waals surface area contributed by atoms with Crippen LogP contribution in [0.25, 0.3) is 0 Å². The van der Waals surface area contributed by atoms with Crippen LogP contribution < -0.4 is 10.6 Å². The maximum atomic E-state index is 12.3. The average molecular weight is 407 g/mol. The molecule has 0 bridgehead atoms. The van der Waals surface area contributed by atoms with Crippen LogP contribution in [0.2, 0.25) is 0 Å². The van der Waals surface area contributed by atoms with E-state index in [1.165, 1.54) is 0 Å². The molecule has 1 heterocycles. The zero-order chi connectivity index (χ0) is 21.6. The topological polar surface area (TPSA) is 127 Å². The Hall–Kier alpha value is -2.84. The molecule has 3 amide bonds. The number of rotatable bonds is 6. The lowest BCUT2D eigenvalue weighted by atomic mass is 9.86. The van der Waals surface area contributed by atoms with Crippen LogP contribution in [0.4, 0.5) is 4.79 Å². The quantitative estimate of drug-likeness (QED) is 0.622. The van der Waals surface area contributed by atoms with Crippen molar-refractivity contribution >= 4 is 23.9 Å². The summed E-state index contributed by atoms with van der Waals surface area (Å²) in [6.45, 7) is 6.58. The van der Waals surface area contributed by atoms with E-state index in [0.717, 1.165) is 25.7 Å². The minimum atomic E-state index is -0.794. The predicted octanol–water partition coefficient (Wildman–Crippen LogP) is 2.37. The molecule has 0 radical (unpaired) electrons. The molecule has 0 unspecified atom stereocenters. The summed E-state index contributed by atoms with van der Waals surface area (Å²) < 4.78 is 9.95. The molecule has 1 aromatic rings. The highest BCUT2D eigenvalue weighted by atomic mass is 16.5. The smallest absolute Gasteiger partial charge is 0.355 e. The third-order valence-electron chi connectivity index (χ3n) is 5.14. The predicted molar refractivity (Wildman–Crippen MR) is 105 cm³/mol. The number of aromatic nitrogens is 1. The Bertz CT molecular complexity index is 785. The Morgan fingerprint density at radius 3 is 2.41 bits per heavy atom. The van der Waals surface area contributed by atoms with E-state index < -0.39 is 30.5 Å². The number of hydrogen-bond donors (Lipinski definition) is 3. The van der Waals surface area contributed by atoms with Gasteiger partial charge in [0.05, 0.1) is 12.2 Å². The molecule has 1 saturated carbocycles. The van der Waals surface area contributed by atoms with Crippen LogP contribution in [-0.2, 0) is 14.3 Å². The number of hydrogen-bond acceptors (Lipinski definition) is 6. The SMILES string of the molecule is CCOC(=O)c1c(C)[nH]c(C(=O)OCC(=O)NC(=O)N[C@@H]2CCCC[C@@H]2C)c1C. The lowest BCUT2D eigenvalue weighted by molar-refractivity contribution is -0.123. The van der Waals surface area contributed by atoms with Crippen molar-refractivity contribution in [3.8, 4) is 0 Å². The third kappa shape index (κ3) is 5.82. The number of aryl methyl sites for hydroxylation is 1. The Balaban J connectivity index is 1.87. The van der Waals surface area contributed by atoms with Gasteiger partial charge in [0.25, 0.3) is 5.91 Å². The first kappa shape index (κ1) is 22.4. The number of esters is 2. The average Bonchev–Trinajstić information content (AvgIpc) is 2.96. The van der Waals surface area contributed by atoms with Gasteiger partial charge in [0.15, 0.2) is 6.61 Å². The van der Waals surface area contributed by atoms with E-state index >= 15 is 0 Å². The zero-order valence-electron chi connectivity index (χ0n) is 17.3. The molecule has 1 aromatic heterocycles. The van der Waals surface area contributed by atoms with Crippen LogP contribution in [0, 0.1) is 19.8 Å². The summed E-state index contributed by atoms with van der Waals surface area (Å²) in [6.07, 6.45) is 4.11. The lowest BCUT2D eigenvalue weighted by Gasteiger charge is -2.29. The van der Waals surface area contributed by atoms with Gasteiger partial charge in [-0.15, -0.1) is 0 Å². The van der Waals surface area contributed by atoms with E-state index in [9.17, 15) is 19.2 Å². The Labute approximate surface area is 169 Å². The van der Waals surface area contributed by atoms with E-state index in [2.05, 4.69) is 22.5 Å². The van der Waals surface area contributed by atoms with E-state index in [1.807, 2.05) is 0 Å². The van der Waals surface area contributed by atoms with Crippen molar-refractivity contribution in [2.45, 2.75) is 59.4 Å². The van der Waals surface area contributed by atoms with Crippen molar-refractivity contribution in [1.29, 1.82) is 0 Å². The number of carbonyl (C=O) groups is 4. The van der Waals surface area contributed by atoms with E-state index in [1.54, 1.807) is 20.8 Å². The van der Waals surface area contributed by atoms with Gasteiger partial charge in [0.1, 0.15) is 5.69 Å². The highest BCUT2D eigenvalue weighted by molar-refractivity contribution is 6.00. The third-order valence-corrected chi connectivity index (χ3v) is 5.14. The van der Waals surface area contributed by atoms with Crippen LogP contribution in [-0.4, -0.2) is 48.1 Å². The molecule has 3 N–H and O–H groups in total. The lowest BCUT2D eigenvalue weighted by Crippen LogP contribution is -2.48. The molecule has 0 aliphatic heterocycles. The highest BCUT2D eigenvalue weighted by Crippen LogP contribution is 2.23. The number of ether oxygens (including phenoxy) is 2. The molecular weight excluding hydrogens is 378 g/mol. The van der Waals surface area contributed by atoms with Crippen LogP contribution >= 0.6 is 0 Å². The standard InChI is InChI=1S/C20H29N3O6/c1-5-28-18(25)16-12(3)17(21-13(16)4)19(26)29-10-15(24)23-20(27)22-14-9-7-6-8-11(14)2/h11,14,21H,5-10H2,1-4H3,(H2,22,23,24,27)/t11-,14+/m0/s1. The molecule has 2 rings (SSSR count). The summed E-state index contributed by atoms with van der Waals surface area (Å²) in [5.74, 6) is -1.71. The molecular formula is C20H29N3O6. The molecule has 9 heteroatoms. The molecule has 0 aromatic carbocycles. The minimum Gasteiger partial charge on any atom is -0.462 e. The van der Waals surface area contributed by atoms with Gasteiger partial charge in [-0.25, -0.2) is 14.4 Å². The zero-order valence-corrected chi connectivity index (χ0v) is 17.3. The largest absolute Gasteiger partial charge is 0.462 e. The highest BCUT2D eigenvalue weighted by Gasteiger charge is 2.25. The van der Waals surface area contributed by atoms with Crippen molar-refractivity contribution in [2.75, 3.05) is 13.2 Å². The number of carbonyl (C=O) groups excluding carboxylic acids is 4.